The van der Waals surface area contributed by atoms with Gasteiger partial charge in [0.05, 0.1) is 11.4 Å². The lowest BCUT2D eigenvalue weighted by Gasteiger charge is -2.32. The summed E-state index contributed by atoms with van der Waals surface area (Å²) in [6.07, 6.45) is 5.75. The highest BCUT2D eigenvalue weighted by molar-refractivity contribution is 5.93. The normalized spacial score (nSPS) is 20.4. The van der Waals surface area contributed by atoms with Crippen molar-refractivity contribution in [3.8, 4) is 0 Å². The largest absolute Gasteiger partial charge is 0.350 e. The van der Waals surface area contributed by atoms with Gasteiger partial charge in [0.15, 0.2) is 0 Å². The second-order valence-electron chi connectivity index (χ2n) is 6.99. The van der Waals surface area contributed by atoms with Gasteiger partial charge in [0, 0.05) is 30.6 Å². The summed E-state index contributed by atoms with van der Waals surface area (Å²) in [5.74, 6) is 1.01. The fraction of sp³-hybridized carbons (Fsp3) is 0.556. The van der Waals surface area contributed by atoms with Crippen LogP contribution in [-0.2, 0) is 12.8 Å². The Morgan fingerprint density at radius 3 is 3.00 bits per heavy atom. The van der Waals surface area contributed by atoms with Crippen LogP contribution in [0.15, 0.2) is 15.4 Å². The van der Waals surface area contributed by atoms with E-state index in [9.17, 15) is 9.59 Å². The first kappa shape index (κ1) is 16.1. The first-order valence-electron chi connectivity index (χ1n) is 8.96. The maximum absolute atomic E-state index is 12.9. The molecule has 0 bridgehead atoms. The first-order valence-corrected chi connectivity index (χ1v) is 8.96. The highest BCUT2D eigenvalue weighted by Gasteiger charge is 2.31. The molecule has 1 saturated heterocycles. The van der Waals surface area contributed by atoms with Gasteiger partial charge in [0.1, 0.15) is 5.82 Å². The number of nitrogens with one attached hydrogen (secondary N) is 1. The molecule has 0 spiro atoms. The number of piperidine rings is 1. The summed E-state index contributed by atoms with van der Waals surface area (Å²) in [5.41, 5.74) is 2.55. The second-order valence-corrected chi connectivity index (χ2v) is 6.99. The summed E-state index contributed by atoms with van der Waals surface area (Å²) in [6.45, 7) is 3.04. The highest BCUT2D eigenvalue weighted by atomic mass is 16.5. The van der Waals surface area contributed by atoms with Crippen molar-refractivity contribution >= 4 is 5.91 Å². The van der Waals surface area contributed by atoms with E-state index in [2.05, 4.69) is 15.1 Å². The number of aromatic amines is 1. The van der Waals surface area contributed by atoms with E-state index in [1.54, 1.807) is 13.0 Å². The van der Waals surface area contributed by atoms with Gasteiger partial charge in [-0.15, -0.1) is 0 Å². The maximum atomic E-state index is 12.9. The molecule has 0 aromatic carbocycles. The SMILES string of the molecule is Cc1nc([C@H]2CCCN(C(=O)c3onc4c3CCCC4)C2)cc(=O)[nH]1. The third kappa shape index (κ3) is 3.10. The zero-order chi connectivity index (χ0) is 17.4. The van der Waals surface area contributed by atoms with Gasteiger partial charge in [0.25, 0.3) is 11.5 Å². The Balaban J connectivity index is 1.56. The Morgan fingerprint density at radius 2 is 2.16 bits per heavy atom. The molecule has 4 rings (SSSR count). The summed E-state index contributed by atoms with van der Waals surface area (Å²) in [5, 5.41) is 4.09. The Morgan fingerprint density at radius 1 is 1.32 bits per heavy atom. The van der Waals surface area contributed by atoms with E-state index in [1.807, 2.05) is 4.90 Å². The van der Waals surface area contributed by atoms with Crippen LogP contribution in [0.25, 0.3) is 0 Å². The molecule has 1 aliphatic carbocycles. The highest BCUT2D eigenvalue weighted by Crippen LogP contribution is 2.29. The number of H-pyrrole nitrogens is 1. The van der Waals surface area contributed by atoms with Gasteiger partial charge in [-0.1, -0.05) is 5.16 Å². The summed E-state index contributed by atoms with van der Waals surface area (Å²) in [6, 6.07) is 1.54. The van der Waals surface area contributed by atoms with Gasteiger partial charge in [-0.05, 0) is 45.4 Å². The van der Waals surface area contributed by atoms with Crippen LogP contribution >= 0.6 is 0 Å². The van der Waals surface area contributed by atoms with Crippen LogP contribution in [0.5, 0.6) is 0 Å². The Kier molecular flexibility index (Phi) is 4.15. The van der Waals surface area contributed by atoms with E-state index in [0.717, 1.165) is 55.5 Å². The number of likely N-dealkylation sites (tertiary alicyclic amines) is 1. The molecule has 1 fully saturated rings. The van der Waals surface area contributed by atoms with E-state index in [4.69, 9.17) is 4.52 Å². The minimum absolute atomic E-state index is 0.0810. The lowest BCUT2D eigenvalue weighted by Crippen LogP contribution is -2.39. The standard InChI is InChI=1S/C18H22N4O3/c1-11-19-15(9-16(23)20-11)12-5-4-8-22(10-12)18(24)17-13-6-2-3-7-14(13)21-25-17/h9,12H,2-8,10H2,1H3,(H,19,20,23)/t12-/m0/s1. The van der Waals surface area contributed by atoms with E-state index < -0.39 is 0 Å². The average molecular weight is 342 g/mol. The van der Waals surface area contributed by atoms with Crippen LogP contribution in [-0.4, -0.2) is 39.0 Å². The molecular formula is C18H22N4O3. The third-order valence-corrected chi connectivity index (χ3v) is 5.16. The van der Waals surface area contributed by atoms with Gasteiger partial charge < -0.3 is 14.4 Å². The number of rotatable bonds is 2. The number of carbonyl (C=O) groups excluding carboxylic acids is 1. The van der Waals surface area contributed by atoms with E-state index in [0.29, 0.717) is 24.7 Å². The monoisotopic (exact) mass is 342 g/mol. The molecule has 1 N–H and O–H groups in total. The fourth-order valence-corrected chi connectivity index (χ4v) is 3.92. The molecule has 2 aliphatic rings. The van der Waals surface area contributed by atoms with E-state index in [1.165, 1.54) is 0 Å². The Bertz CT molecular complexity index is 854. The van der Waals surface area contributed by atoms with Crippen molar-refractivity contribution in [1.82, 2.24) is 20.0 Å². The topological polar surface area (TPSA) is 92.1 Å². The number of amides is 1. The fourth-order valence-electron chi connectivity index (χ4n) is 3.92. The van der Waals surface area contributed by atoms with Gasteiger partial charge >= 0.3 is 0 Å². The first-order chi connectivity index (χ1) is 12.1. The third-order valence-electron chi connectivity index (χ3n) is 5.16. The smallest absolute Gasteiger partial charge is 0.292 e. The summed E-state index contributed by atoms with van der Waals surface area (Å²) < 4.78 is 5.40. The van der Waals surface area contributed by atoms with Crippen molar-refractivity contribution in [2.24, 2.45) is 0 Å². The van der Waals surface area contributed by atoms with E-state index >= 15 is 0 Å². The molecule has 2 aromatic rings. The number of fused-ring (bicyclic) bond motifs is 1. The predicted molar refractivity (Wildman–Crippen MR) is 90.6 cm³/mol. The summed E-state index contributed by atoms with van der Waals surface area (Å²) in [4.78, 5) is 33.6. The minimum Gasteiger partial charge on any atom is -0.350 e. The van der Waals surface area contributed by atoms with E-state index in [-0.39, 0.29) is 17.4 Å². The quantitative estimate of drug-likeness (QED) is 0.901. The van der Waals surface area contributed by atoms with Crippen LogP contribution in [0, 0.1) is 6.92 Å². The number of carbonyl (C=O) groups is 1. The van der Waals surface area contributed by atoms with Gasteiger partial charge in [-0.25, -0.2) is 4.98 Å². The van der Waals surface area contributed by atoms with Crippen LogP contribution in [0.1, 0.15) is 64.9 Å². The molecule has 132 valence electrons. The predicted octanol–water partition coefficient (Wildman–Crippen LogP) is 1.96. The summed E-state index contributed by atoms with van der Waals surface area (Å²) in [7, 11) is 0. The molecule has 7 nitrogen and oxygen atoms in total. The average Bonchev–Trinajstić information content (AvgIpc) is 3.04. The molecule has 0 saturated carbocycles. The second kappa shape index (κ2) is 6.46. The molecule has 7 heteroatoms. The zero-order valence-electron chi connectivity index (χ0n) is 14.4. The van der Waals surface area contributed by atoms with Crippen molar-refractivity contribution in [2.45, 2.75) is 51.4 Å². The number of hydrogen-bond acceptors (Lipinski definition) is 5. The number of aryl methyl sites for hydroxylation is 2. The Labute approximate surface area is 145 Å². The van der Waals surface area contributed by atoms with Crippen LogP contribution in [0.4, 0.5) is 0 Å². The zero-order valence-corrected chi connectivity index (χ0v) is 14.4. The molecule has 3 heterocycles. The maximum Gasteiger partial charge on any atom is 0.292 e. The lowest BCUT2D eigenvalue weighted by molar-refractivity contribution is 0.0662. The molecule has 0 radical (unpaired) electrons. The molecule has 1 aliphatic heterocycles. The van der Waals surface area contributed by atoms with Crippen LogP contribution in [0.2, 0.25) is 0 Å². The van der Waals surface area contributed by atoms with Crippen molar-refractivity contribution in [3.63, 3.8) is 0 Å². The molecule has 1 amide bonds. The molecular weight excluding hydrogens is 320 g/mol. The van der Waals surface area contributed by atoms with Crippen LogP contribution in [0.3, 0.4) is 0 Å². The molecule has 0 unspecified atom stereocenters. The van der Waals surface area contributed by atoms with Crippen molar-refractivity contribution in [1.29, 1.82) is 0 Å². The van der Waals surface area contributed by atoms with Crippen molar-refractivity contribution < 1.29 is 9.32 Å². The summed E-state index contributed by atoms with van der Waals surface area (Å²) >= 11 is 0. The van der Waals surface area contributed by atoms with Crippen molar-refractivity contribution in [3.05, 3.63) is 45.0 Å². The number of aromatic nitrogens is 3. The number of nitrogens with zero attached hydrogens (tertiary/aromatic N) is 3. The number of hydrogen-bond donors (Lipinski definition) is 1. The molecule has 2 aromatic heterocycles. The van der Waals surface area contributed by atoms with Gasteiger partial charge in [-0.3, -0.25) is 9.59 Å². The van der Waals surface area contributed by atoms with Gasteiger partial charge in [0.2, 0.25) is 5.76 Å². The van der Waals surface area contributed by atoms with Crippen LogP contribution < -0.4 is 5.56 Å². The molecule has 1 atom stereocenters. The molecule has 25 heavy (non-hydrogen) atoms. The lowest BCUT2D eigenvalue weighted by atomic mass is 9.93. The van der Waals surface area contributed by atoms with Gasteiger partial charge in [-0.2, -0.15) is 0 Å². The Hall–Kier alpha value is -2.44. The van der Waals surface area contributed by atoms with Crippen molar-refractivity contribution in [2.75, 3.05) is 13.1 Å². The minimum atomic E-state index is -0.143.